The van der Waals surface area contributed by atoms with Gasteiger partial charge in [-0.3, -0.25) is 0 Å². The van der Waals surface area contributed by atoms with Crippen LogP contribution >= 0.6 is 12.4 Å². The van der Waals surface area contributed by atoms with E-state index in [1.807, 2.05) is 30.3 Å². The lowest BCUT2D eigenvalue weighted by molar-refractivity contribution is 0.422. The summed E-state index contributed by atoms with van der Waals surface area (Å²) in [6.45, 7) is 0. The Kier molecular flexibility index (Phi) is 2.93. The van der Waals surface area contributed by atoms with E-state index in [1.54, 1.807) is 6.26 Å². The lowest BCUT2D eigenvalue weighted by Crippen LogP contribution is -1.83. The van der Waals surface area contributed by atoms with Crippen LogP contribution < -0.4 is 5.73 Å². The monoisotopic (exact) mass is 196 g/mol. The van der Waals surface area contributed by atoms with Crippen molar-refractivity contribution in [2.24, 2.45) is 0 Å². The van der Waals surface area contributed by atoms with Crippen molar-refractivity contribution >= 4 is 18.1 Å². The predicted molar refractivity (Wildman–Crippen MR) is 53.6 cm³/mol. The van der Waals surface area contributed by atoms with Gasteiger partial charge in [0.1, 0.15) is 12.0 Å². The van der Waals surface area contributed by atoms with Crippen molar-refractivity contribution in [3.63, 3.8) is 0 Å². The van der Waals surface area contributed by atoms with Crippen molar-refractivity contribution in [1.82, 2.24) is 5.16 Å². The zero-order chi connectivity index (χ0) is 8.39. The molecule has 2 rings (SSSR count). The highest BCUT2D eigenvalue weighted by molar-refractivity contribution is 5.85. The first-order valence-corrected chi connectivity index (χ1v) is 3.62. The van der Waals surface area contributed by atoms with Gasteiger partial charge in [-0.05, 0) is 12.1 Å². The van der Waals surface area contributed by atoms with Crippen LogP contribution in [0.25, 0.3) is 11.3 Å². The van der Waals surface area contributed by atoms with Crippen LogP contribution in [0.4, 0.5) is 5.69 Å². The Hall–Kier alpha value is -1.48. The van der Waals surface area contributed by atoms with Crippen molar-refractivity contribution < 1.29 is 4.52 Å². The molecule has 0 aliphatic heterocycles. The summed E-state index contributed by atoms with van der Waals surface area (Å²) < 4.78 is 4.72. The number of anilines is 1. The number of benzene rings is 1. The highest BCUT2D eigenvalue weighted by Crippen LogP contribution is 2.17. The van der Waals surface area contributed by atoms with Gasteiger partial charge in [-0.2, -0.15) is 0 Å². The number of nitrogens with zero attached hydrogens (tertiary/aromatic N) is 1. The van der Waals surface area contributed by atoms with Crippen molar-refractivity contribution in [3.8, 4) is 11.3 Å². The van der Waals surface area contributed by atoms with Gasteiger partial charge in [0.2, 0.25) is 0 Å². The molecule has 1 heterocycles. The van der Waals surface area contributed by atoms with Gasteiger partial charge in [0.15, 0.2) is 0 Å². The molecule has 2 N–H and O–H groups in total. The van der Waals surface area contributed by atoms with Crippen LogP contribution in [0.1, 0.15) is 0 Å². The molecule has 0 amide bonds. The number of rotatable bonds is 1. The molecule has 13 heavy (non-hydrogen) atoms. The number of nitrogens with two attached hydrogens (primary N) is 1. The molecule has 2 aromatic rings. The lowest BCUT2D eigenvalue weighted by atomic mass is 10.1. The van der Waals surface area contributed by atoms with E-state index in [9.17, 15) is 0 Å². The average Bonchev–Trinajstić information content (AvgIpc) is 2.58. The van der Waals surface area contributed by atoms with E-state index in [0.29, 0.717) is 0 Å². The fourth-order valence-corrected chi connectivity index (χ4v) is 1.02. The molecule has 0 aliphatic rings. The van der Waals surface area contributed by atoms with Gasteiger partial charge in [0.05, 0.1) is 0 Å². The summed E-state index contributed by atoms with van der Waals surface area (Å²) in [5.74, 6) is 0. The predicted octanol–water partition coefficient (Wildman–Crippen LogP) is 2.35. The summed E-state index contributed by atoms with van der Waals surface area (Å²) in [6.07, 6.45) is 1.55. The van der Waals surface area contributed by atoms with E-state index in [-0.39, 0.29) is 12.4 Å². The summed E-state index contributed by atoms with van der Waals surface area (Å²) >= 11 is 0. The zero-order valence-corrected chi connectivity index (χ0v) is 7.62. The van der Waals surface area contributed by atoms with Crippen molar-refractivity contribution in [2.75, 3.05) is 5.73 Å². The van der Waals surface area contributed by atoms with E-state index in [2.05, 4.69) is 5.16 Å². The summed E-state index contributed by atoms with van der Waals surface area (Å²) in [4.78, 5) is 0. The standard InChI is InChI=1S/C9H8N2O.ClH/c10-8-3-1-7(2-4-8)9-5-6-12-11-9;/h1-6H,10H2;1H. The van der Waals surface area contributed by atoms with Gasteiger partial charge in [-0.1, -0.05) is 17.3 Å². The molecule has 1 aromatic carbocycles. The summed E-state index contributed by atoms with van der Waals surface area (Å²) in [5.41, 5.74) is 8.13. The Bertz CT molecular complexity index is 356. The second-order valence-corrected chi connectivity index (χ2v) is 2.51. The fourth-order valence-electron chi connectivity index (χ4n) is 1.02. The van der Waals surface area contributed by atoms with Gasteiger partial charge < -0.3 is 10.3 Å². The van der Waals surface area contributed by atoms with Gasteiger partial charge in [-0.15, -0.1) is 12.4 Å². The number of aromatic nitrogens is 1. The van der Waals surface area contributed by atoms with Crippen LogP contribution in [-0.2, 0) is 0 Å². The molecule has 0 spiro atoms. The van der Waals surface area contributed by atoms with Crippen LogP contribution in [-0.4, -0.2) is 5.16 Å². The van der Waals surface area contributed by atoms with E-state index in [0.717, 1.165) is 16.9 Å². The molecule has 0 aliphatic carbocycles. The minimum Gasteiger partial charge on any atom is -0.399 e. The third kappa shape index (κ3) is 2.00. The SMILES string of the molecule is Cl.Nc1ccc(-c2ccon2)cc1. The largest absolute Gasteiger partial charge is 0.399 e. The highest BCUT2D eigenvalue weighted by Gasteiger charge is 1.98. The quantitative estimate of drug-likeness (QED) is 0.713. The van der Waals surface area contributed by atoms with E-state index in [4.69, 9.17) is 10.3 Å². The van der Waals surface area contributed by atoms with E-state index < -0.39 is 0 Å². The summed E-state index contributed by atoms with van der Waals surface area (Å²) in [7, 11) is 0. The maximum atomic E-state index is 5.54. The minimum absolute atomic E-state index is 0. The van der Waals surface area contributed by atoms with Gasteiger partial charge in [0.25, 0.3) is 0 Å². The molecular weight excluding hydrogens is 188 g/mol. The fraction of sp³-hybridized carbons (Fsp3) is 0. The Morgan fingerprint density at radius 3 is 2.31 bits per heavy atom. The number of hydrogen-bond donors (Lipinski definition) is 1. The Balaban J connectivity index is 0.000000845. The maximum absolute atomic E-state index is 5.54. The van der Waals surface area contributed by atoms with Crippen molar-refractivity contribution in [1.29, 1.82) is 0 Å². The zero-order valence-electron chi connectivity index (χ0n) is 6.81. The van der Waals surface area contributed by atoms with Crippen LogP contribution in [0, 0.1) is 0 Å². The maximum Gasteiger partial charge on any atom is 0.124 e. The first kappa shape index (κ1) is 9.61. The van der Waals surface area contributed by atoms with Crippen LogP contribution in [0.5, 0.6) is 0 Å². The topological polar surface area (TPSA) is 52.0 Å². The van der Waals surface area contributed by atoms with Crippen molar-refractivity contribution in [2.45, 2.75) is 0 Å². The smallest absolute Gasteiger partial charge is 0.124 e. The van der Waals surface area contributed by atoms with Crippen molar-refractivity contribution in [3.05, 3.63) is 36.6 Å². The summed E-state index contributed by atoms with van der Waals surface area (Å²) in [5, 5.41) is 3.80. The Morgan fingerprint density at radius 2 is 1.77 bits per heavy atom. The van der Waals surface area contributed by atoms with Gasteiger partial charge >= 0.3 is 0 Å². The molecule has 68 valence electrons. The second kappa shape index (κ2) is 3.96. The molecule has 3 nitrogen and oxygen atoms in total. The normalized spacial score (nSPS) is 9.23. The number of nitrogen functional groups attached to an aromatic ring is 1. The highest BCUT2D eigenvalue weighted by atomic mass is 35.5. The third-order valence-corrected chi connectivity index (χ3v) is 1.64. The minimum atomic E-state index is 0. The molecular formula is C9H9ClN2O. The molecule has 0 saturated carbocycles. The van der Waals surface area contributed by atoms with Gasteiger partial charge in [-0.25, -0.2) is 0 Å². The van der Waals surface area contributed by atoms with E-state index in [1.165, 1.54) is 0 Å². The molecule has 0 atom stereocenters. The average molecular weight is 197 g/mol. The lowest BCUT2D eigenvalue weighted by Gasteiger charge is -1.95. The van der Waals surface area contributed by atoms with Crippen LogP contribution in [0.15, 0.2) is 41.1 Å². The molecule has 0 bridgehead atoms. The van der Waals surface area contributed by atoms with Crippen LogP contribution in [0.2, 0.25) is 0 Å². The Morgan fingerprint density at radius 1 is 1.08 bits per heavy atom. The third-order valence-electron chi connectivity index (χ3n) is 1.64. The summed E-state index contributed by atoms with van der Waals surface area (Å²) in [6, 6.07) is 9.31. The second-order valence-electron chi connectivity index (χ2n) is 2.51. The molecule has 0 saturated heterocycles. The first-order chi connectivity index (χ1) is 5.86. The molecule has 0 fully saturated rings. The van der Waals surface area contributed by atoms with E-state index >= 15 is 0 Å². The van der Waals surface area contributed by atoms with Gasteiger partial charge in [0, 0.05) is 17.3 Å². The first-order valence-electron chi connectivity index (χ1n) is 3.62. The number of hydrogen-bond acceptors (Lipinski definition) is 3. The van der Waals surface area contributed by atoms with Crippen LogP contribution in [0.3, 0.4) is 0 Å². The molecule has 0 unspecified atom stereocenters. The Labute approximate surface area is 81.9 Å². The molecule has 1 aromatic heterocycles. The molecule has 4 heteroatoms. The molecule has 0 radical (unpaired) electrons. The number of halogens is 1.